The van der Waals surface area contributed by atoms with Crippen LogP contribution in [0.25, 0.3) is 11.1 Å². The number of hydrogen-bond donors (Lipinski definition) is 1. The van der Waals surface area contributed by atoms with Crippen LogP contribution in [0, 0.1) is 11.6 Å². The second kappa shape index (κ2) is 9.09. The number of amides is 1. The Morgan fingerprint density at radius 2 is 1.97 bits per heavy atom. The molecule has 1 heterocycles. The predicted octanol–water partition coefficient (Wildman–Crippen LogP) is 3.32. The van der Waals surface area contributed by atoms with Crippen molar-refractivity contribution in [1.29, 1.82) is 0 Å². The van der Waals surface area contributed by atoms with E-state index in [1.165, 1.54) is 23.1 Å². The monoisotopic (exact) mass is 438 g/mol. The summed E-state index contributed by atoms with van der Waals surface area (Å²) in [5, 5.41) is 0. The van der Waals surface area contributed by atoms with E-state index in [1.54, 1.807) is 31.2 Å². The van der Waals surface area contributed by atoms with Gasteiger partial charge in [-0.1, -0.05) is 30.3 Å². The number of hydrogen-bond acceptors (Lipinski definition) is 4. The van der Waals surface area contributed by atoms with E-state index in [0.29, 0.717) is 24.1 Å². The van der Waals surface area contributed by atoms with Crippen LogP contribution in [0.1, 0.15) is 18.9 Å². The van der Waals surface area contributed by atoms with Gasteiger partial charge in [0, 0.05) is 18.2 Å². The molecule has 2 aromatic rings. The third kappa shape index (κ3) is 5.14. The fraction of sp³-hybridized carbons (Fsp3) is 0.381. The van der Waals surface area contributed by atoms with E-state index in [0.717, 1.165) is 6.26 Å². The summed E-state index contributed by atoms with van der Waals surface area (Å²) in [4.78, 5) is 13.8. The Labute approximate surface area is 174 Å². The van der Waals surface area contributed by atoms with Crippen LogP contribution in [-0.4, -0.2) is 50.9 Å². The lowest BCUT2D eigenvalue weighted by Gasteiger charge is -2.28. The minimum atomic E-state index is -3.52. The first-order chi connectivity index (χ1) is 14.2. The van der Waals surface area contributed by atoms with E-state index < -0.39 is 39.8 Å². The Balaban J connectivity index is 1.94. The fourth-order valence-electron chi connectivity index (χ4n) is 3.79. The number of rotatable bonds is 6. The normalized spacial score (nSPS) is 19.1. The molecule has 2 atom stereocenters. The van der Waals surface area contributed by atoms with Crippen molar-refractivity contribution in [3.8, 4) is 11.1 Å². The molecule has 1 aliphatic heterocycles. The van der Waals surface area contributed by atoms with Crippen LogP contribution in [-0.2, 0) is 21.2 Å². The quantitative estimate of drug-likeness (QED) is 0.751. The number of nitrogens with zero attached hydrogens (tertiary/aromatic N) is 1. The number of likely N-dealkylation sites (tertiary alicyclic amines) is 1. The van der Waals surface area contributed by atoms with Gasteiger partial charge in [-0.2, -0.15) is 0 Å². The summed E-state index contributed by atoms with van der Waals surface area (Å²) in [6.45, 7) is 2.15. The molecule has 0 bridgehead atoms. The number of ether oxygens (including phenoxy) is 1. The van der Waals surface area contributed by atoms with Crippen molar-refractivity contribution in [2.75, 3.05) is 19.4 Å². The molecule has 162 valence electrons. The van der Waals surface area contributed by atoms with Gasteiger partial charge in [-0.3, -0.25) is 0 Å². The van der Waals surface area contributed by atoms with Gasteiger partial charge < -0.3 is 9.64 Å². The number of benzene rings is 2. The minimum Gasteiger partial charge on any atom is -0.450 e. The number of nitrogens with one attached hydrogen (secondary N) is 1. The van der Waals surface area contributed by atoms with Crippen LogP contribution in [0.4, 0.5) is 13.6 Å². The van der Waals surface area contributed by atoms with Gasteiger partial charge in [0.05, 0.1) is 18.9 Å². The maximum absolute atomic E-state index is 15.3. The molecule has 1 N–H and O–H groups in total. The van der Waals surface area contributed by atoms with Crippen LogP contribution in [0.2, 0.25) is 0 Å². The summed E-state index contributed by atoms with van der Waals surface area (Å²) in [5.41, 5.74) is 0.937. The smallest absolute Gasteiger partial charge is 0.410 e. The Morgan fingerprint density at radius 3 is 2.63 bits per heavy atom. The third-order valence-corrected chi connectivity index (χ3v) is 5.79. The number of halogens is 2. The molecule has 1 fully saturated rings. The molecule has 6 nitrogen and oxygen atoms in total. The molecule has 9 heteroatoms. The van der Waals surface area contributed by atoms with Crippen LogP contribution >= 0.6 is 0 Å². The van der Waals surface area contributed by atoms with Gasteiger partial charge in [-0.25, -0.2) is 26.7 Å². The Kier molecular flexibility index (Phi) is 6.72. The van der Waals surface area contributed by atoms with E-state index in [2.05, 4.69) is 4.72 Å². The molecule has 0 aliphatic carbocycles. The van der Waals surface area contributed by atoms with Gasteiger partial charge in [0.1, 0.15) is 11.6 Å². The standard InChI is InChI=1S/C21H24F2N2O4S/c1-3-29-21(26)25-11-10-18(24-30(2,27)28)19(25)13-15-7-5-9-17(20(15)23)14-6-4-8-16(22)12-14/h4-9,12,18-19,24H,3,10-11,13H2,1-2H3/t18-,19-/m1/s1. The van der Waals surface area contributed by atoms with E-state index in [1.807, 2.05) is 0 Å². The maximum atomic E-state index is 15.3. The van der Waals surface area contributed by atoms with Crippen molar-refractivity contribution in [3.05, 3.63) is 59.7 Å². The summed E-state index contributed by atoms with van der Waals surface area (Å²) in [7, 11) is -3.52. The maximum Gasteiger partial charge on any atom is 0.410 e. The average molecular weight is 438 g/mol. The largest absolute Gasteiger partial charge is 0.450 e. The second-order valence-electron chi connectivity index (χ2n) is 7.24. The Hall–Kier alpha value is -2.52. The van der Waals surface area contributed by atoms with Crippen molar-refractivity contribution in [2.45, 2.75) is 31.8 Å². The molecule has 30 heavy (non-hydrogen) atoms. The van der Waals surface area contributed by atoms with Crippen molar-refractivity contribution in [2.24, 2.45) is 0 Å². The first-order valence-electron chi connectivity index (χ1n) is 9.63. The summed E-state index contributed by atoms with van der Waals surface area (Å²) in [6.07, 6.45) is 0.951. The zero-order chi connectivity index (χ0) is 21.9. The van der Waals surface area contributed by atoms with E-state index in [-0.39, 0.29) is 18.6 Å². The van der Waals surface area contributed by atoms with Crippen molar-refractivity contribution in [1.82, 2.24) is 9.62 Å². The predicted molar refractivity (Wildman–Crippen MR) is 109 cm³/mol. The first kappa shape index (κ1) is 22.2. The number of carbonyl (C=O) groups excluding carboxylic acids is 1. The van der Waals surface area contributed by atoms with Gasteiger partial charge in [0.15, 0.2) is 0 Å². The molecule has 0 saturated carbocycles. The molecule has 0 radical (unpaired) electrons. The summed E-state index contributed by atoms with van der Waals surface area (Å²) >= 11 is 0. The topological polar surface area (TPSA) is 75.7 Å². The van der Waals surface area contributed by atoms with Gasteiger partial charge in [0.2, 0.25) is 10.0 Å². The van der Waals surface area contributed by atoms with Gasteiger partial charge in [-0.15, -0.1) is 0 Å². The molecular weight excluding hydrogens is 414 g/mol. The lowest BCUT2D eigenvalue weighted by molar-refractivity contribution is 0.101. The van der Waals surface area contributed by atoms with Gasteiger partial charge in [-0.05, 0) is 43.0 Å². The Morgan fingerprint density at radius 1 is 1.23 bits per heavy atom. The second-order valence-corrected chi connectivity index (χ2v) is 9.02. The van der Waals surface area contributed by atoms with E-state index >= 15 is 4.39 Å². The molecule has 0 spiro atoms. The van der Waals surface area contributed by atoms with Gasteiger partial charge in [0.25, 0.3) is 0 Å². The van der Waals surface area contributed by atoms with E-state index in [9.17, 15) is 17.6 Å². The molecule has 1 saturated heterocycles. The van der Waals surface area contributed by atoms with Crippen LogP contribution in [0.15, 0.2) is 42.5 Å². The van der Waals surface area contributed by atoms with Crippen molar-refractivity contribution < 1.29 is 26.7 Å². The van der Waals surface area contributed by atoms with Crippen LogP contribution in [0.5, 0.6) is 0 Å². The highest BCUT2D eigenvalue weighted by atomic mass is 32.2. The molecule has 2 aromatic carbocycles. The molecule has 1 amide bonds. The van der Waals surface area contributed by atoms with Crippen LogP contribution in [0.3, 0.4) is 0 Å². The zero-order valence-electron chi connectivity index (χ0n) is 16.8. The number of sulfonamides is 1. The Bertz CT molecular complexity index is 1030. The highest BCUT2D eigenvalue weighted by Gasteiger charge is 2.39. The SMILES string of the molecule is CCOC(=O)N1CC[C@@H](NS(C)(=O)=O)[C@H]1Cc1cccc(-c2cccc(F)c2)c1F. The molecular formula is C21H24F2N2O4S. The number of carbonyl (C=O) groups is 1. The van der Waals surface area contributed by atoms with Gasteiger partial charge >= 0.3 is 6.09 Å². The summed E-state index contributed by atoms with van der Waals surface area (Å²) in [5.74, 6) is -1.00. The van der Waals surface area contributed by atoms with Crippen LogP contribution < -0.4 is 4.72 Å². The highest BCUT2D eigenvalue weighted by Crippen LogP contribution is 2.29. The summed E-state index contributed by atoms with van der Waals surface area (Å²) in [6, 6.07) is 9.25. The minimum absolute atomic E-state index is 0.0843. The average Bonchev–Trinajstić information content (AvgIpc) is 3.04. The van der Waals surface area contributed by atoms with Crippen molar-refractivity contribution in [3.63, 3.8) is 0 Å². The van der Waals surface area contributed by atoms with E-state index in [4.69, 9.17) is 4.74 Å². The molecule has 0 unspecified atom stereocenters. The summed E-state index contributed by atoms with van der Waals surface area (Å²) < 4.78 is 60.0. The van der Waals surface area contributed by atoms with Crippen molar-refractivity contribution >= 4 is 16.1 Å². The zero-order valence-corrected chi connectivity index (χ0v) is 17.6. The lowest BCUT2D eigenvalue weighted by atomic mass is 9.96. The molecule has 0 aromatic heterocycles. The fourth-order valence-corrected chi connectivity index (χ4v) is 4.62. The molecule has 3 rings (SSSR count). The highest BCUT2D eigenvalue weighted by molar-refractivity contribution is 7.88. The lowest BCUT2D eigenvalue weighted by Crippen LogP contribution is -2.47. The molecule has 1 aliphatic rings. The first-order valence-corrected chi connectivity index (χ1v) is 11.5. The third-order valence-electron chi connectivity index (χ3n) is 5.06.